The number of amides is 1. The van der Waals surface area contributed by atoms with E-state index in [0.717, 1.165) is 0 Å². The van der Waals surface area contributed by atoms with Crippen LogP contribution in [0.4, 0.5) is 10.5 Å². The number of hydrogen-bond donors (Lipinski definition) is 2. The van der Waals surface area contributed by atoms with E-state index >= 15 is 0 Å². The lowest BCUT2D eigenvalue weighted by atomic mass is 10.3. The Morgan fingerprint density at radius 3 is 2.65 bits per heavy atom. The average molecular weight is 275 g/mol. The molecule has 2 N–H and O–H groups in total. The Morgan fingerprint density at radius 2 is 2.12 bits per heavy atom. The fourth-order valence-electron chi connectivity index (χ4n) is 1.05. The quantitative estimate of drug-likeness (QED) is 0.811. The molecule has 0 fully saturated rings. The minimum absolute atomic E-state index is 0.123. The number of methoxy groups -OCH3 is 2. The number of carbonyl (C=O) groups excluding carboxylic acids is 1. The summed E-state index contributed by atoms with van der Waals surface area (Å²) in [5.41, 5.74) is 0.636. The van der Waals surface area contributed by atoms with Gasteiger partial charge in [-0.15, -0.1) is 0 Å². The first-order chi connectivity index (χ1) is 8.06. The summed E-state index contributed by atoms with van der Waals surface area (Å²) < 4.78 is 9.40. The van der Waals surface area contributed by atoms with Crippen LogP contribution < -0.4 is 15.4 Å². The van der Waals surface area contributed by atoms with Gasteiger partial charge in [0.25, 0.3) is 0 Å². The van der Waals surface area contributed by atoms with Crippen LogP contribution in [-0.4, -0.2) is 25.4 Å². The van der Waals surface area contributed by atoms with Crippen LogP contribution in [0.1, 0.15) is 0 Å². The molecule has 0 unspecified atom stereocenters. The first kappa shape index (κ1) is 13.5. The van der Waals surface area contributed by atoms with Crippen LogP contribution in [0.5, 0.6) is 5.75 Å². The summed E-state index contributed by atoms with van der Waals surface area (Å²) >= 11 is 10.8. The van der Waals surface area contributed by atoms with Gasteiger partial charge in [-0.2, -0.15) is 0 Å². The van der Waals surface area contributed by atoms with Gasteiger partial charge in [0.1, 0.15) is 5.75 Å². The largest absolute Gasteiger partial charge is 0.495 e. The molecule has 1 aromatic rings. The molecule has 0 aromatic heterocycles. The van der Waals surface area contributed by atoms with E-state index < -0.39 is 6.09 Å². The maximum absolute atomic E-state index is 10.9. The summed E-state index contributed by atoms with van der Waals surface area (Å²) in [6.45, 7) is 0. The second-order valence-electron chi connectivity index (χ2n) is 2.92. The zero-order chi connectivity index (χ0) is 12.8. The second kappa shape index (κ2) is 6.27. The molecule has 92 valence electrons. The summed E-state index contributed by atoms with van der Waals surface area (Å²) in [6.07, 6.45) is -0.637. The number of halogens is 1. The Kier molecular flexibility index (Phi) is 4.99. The van der Waals surface area contributed by atoms with Crippen LogP contribution in [0.15, 0.2) is 18.2 Å². The molecule has 1 amide bonds. The highest BCUT2D eigenvalue weighted by Gasteiger charge is 2.05. The number of nitrogens with one attached hydrogen (secondary N) is 2. The first-order valence-electron chi connectivity index (χ1n) is 4.56. The van der Waals surface area contributed by atoms with Gasteiger partial charge in [-0.1, -0.05) is 11.6 Å². The Morgan fingerprint density at radius 1 is 1.41 bits per heavy atom. The zero-order valence-electron chi connectivity index (χ0n) is 9.24. The maximum Gasteiger partial charge on any atom is 0.413 e. The fourth-order valence-corrected chi connectivity index (χ4v) is 1.51. The van der Waals surface area contributed by atoms with Gasteiger partial charge in [0.2, 0.25) is 0 Å². The van der Waals surface area contributed by atoms with Crippen LogP contribution in [-0.2, 0) is 4.74 Å². The Balaban J connectivity index is 2.66. The van der Waals surface area contributed by atoms with Gasteiger partial charge in [-0.3, -0.25) is 5.32 Å². The molecule has 0 bridgehead atoms. The van der Waals surface area contributed by atoms with Crippen molar-refractivity contribution in [2.75, 3.05) is 19.5 Å². The van der Waals surface area contributed by atoms with Crippen LogP contribution in [0.3, 0.4) is 0 Å². The van der Waals surface area contributed by atoms with Gasteiger partial charge < -0.3 is 14.8 Å². The van der Waals surface area contributed by atoms with Crippen molar-refractivity contribution < 1.29 is 14.3 Å². The predicted molar refractivity (Wildman–Crippen MR) is 69.8 cm³/mol. The molecule has 0 radical (unpaired) electrons. The standard InChI is InChI=1S/C10H11ClN2O3S/c1-15-8-4-3-6(5-7(8)11)12-9(17)13-10(14)16-2/h3-5H,1-2H3,(H2,12,13,14,17). The van der Waals surface area contributed by atoms with Gasteiger partial charge in [0, 0.05) is 5.69 Å². The number of rotatable bonds is 2. The zero-order valence-corrected chi connectivity index (χ0v) is 10.8. The SMILES string of the molecule is COC(=O)NC(=S)Nc1ccc(OC)c(Cl)c1. The predicted octanol–water partition coefficient (Wildman–Crippen LogP) is 2.40. The normalized spacial score (nSPS) is 9.35. The molecule has 1 aromatic carbocycles. The summed E-state index contributed by atoms with van der Waals surface area (Å²) in [5, 5.41) is 5.66. The fraction of sp³-hybridized carbons (Fsp3) is 0.200. The van der Waals surface area contributed by atoms with Crippen molar-refractivity contribution in [2.45, 2.75) is 0 Å². The molecular weight excluding hydrogens is 264 g/mol. The van der Waals surface area contributed by atoms with Gasteiger partial charge >= 0.3 is 6.09 Å². The number of alkyl carbamates (subject to hydrolysis) is 1. The highest BCUT2D eigenvalue weighted by atomic mass is 35.5. The highest BCUT2D eigenvalue weighted by molar-refractivity contribution is 7.80. The molecule has 0 heterocycles. The minimum atomic E-state index is -0.637. The third-order valence-electron chi connectivity index (χ3n) is 1.81. The van der Waals surface area contributed by atoms with E-state index in [0.29, 0.717) is 16.5 Å². The average Bonchev–Trinajstić information content (AvgIpc) is 2.29. The van der Waals surface area contributed by atoms with Gasteiger partial charge in [0.15, 0.2) is 5.11 Å². The minimum Gasteiger partial charge on any atom is -0.495 e. The summed E-state index contributed by atoms with van der Waals surface area (Å²) in [6, 6.07) is 5.03. The third kappa shape index (κ3) is 4.08. The number of anilines is 1. The summed E-state index contributed by atoms with van der Waals surface area (Å²) in [5.74, 6) is 0.559. The van der Waals surface area contributed by atoms with Crippen molar-refractivity contribution in [3.8, 4) is 5.75 Å². The number of benzene rings is 1. The van der Waals surface area contributed by atoms with Crippen molar-refractivity contribution >= 4 is 40.7 Å². The molecule has 0 atom stereocenters. The monoisotopic (exact) mass is 274 g/mol. The van der Waals surface area contributed by atoms with Crippen LogP contribution in [0.25, 0.3) is 0 Å². The first-order valence-corrected chi connectivity index (χ1v) is 5.35. The van der Waals surface area contributed by atoms with Crippen molar-refractivity contribution in [2.24, 2.45) is 0 Å². The second-order valence-corrected chi connectivity index (χ2v) is 3.74. The topological polar surface area (TPSA) is 59.6 Å². The van der Waals surface area contributed by atoms with Gasteiger partial charge in [0.05, 0.1) is 19.2 Å². The molecule has 7 heteroatoms. The molecule has 17 heavy (non-hydrogen) atoms. The molecule has 0 saturated heterocycles. The molecule has 0 aliphatic carbocycles. The van der Waals surface area contributed by atoms with E-state index in [-0.39, 0.29) is 5.11 Å². The number of hydrogen-bond acceptors (Lipinski definition) is 4. The summed E-state index contributed by atoms with van der Waals surface area (Å²) in [4.78, 5) is 10.9. The molecule has 0 aliphatic rings. The molecular formula is C10H11ClN2O3S. The lowest BCUT2D eigenvalue weighted by Gasteiger charge is -2.10. The van der Waals surface area contributed by atoms with Crippen molar-refractivity contribution in [3.05, 3.63) is 23.2 Å². The van der Waals surface area contributed by atoms with E-state index in [2.05, 4.69) is 15.4 Å². The molecule has 1 rings (SSSR count). The van der Waals surface area contributed by atoms with E-state index in [1.807, 2.05) is 0 Å². The Hall–Kier alpha value is -1.53. The van der Waals surface area contributed by atoms with Crippen molar-refractivity contribution in [3.63, 3.8) is 0 Å². The van der Waals surface area contributed by atoms with E-state index in [9.17, 15) is 4.79 Å². The molecule has 0 spiro atoms. The lowest BCUT2D eigenvalue weighted by molar-refractivity contribution is 0.177. The van der Waals surface area contributed by atoms with Crippen LogP contribution in [0, 0.1) is 0 Å². The molecule has 0 saturated carbocycles. The Bertz CT molecular complexity index is 440. The van der Waals surface area contributed by atoms with Crippen LogP contribution >= 0.6 is 23.8 Å². The maximum atomic E-state index is 10.9. The number of ether oxygens (including phenoxy) is 2. The third-order valence-corrected chi connectivity index (χ3v) is 2.31. The van der Waals surface area contributed by atoms with Gasteiger partial charge in [-0.25, -0.2) is 4.79 Å². The Labute approximate surface area is 109 Å². The smallest absolute Gasteiger partial charge is 0.413 e. The highest BCUT2D eigenvalue weighted by Crippen LogP contribution is 2.27. The van der Waals surface area contributed by atoms with Crippen LogP contribution in [0.2, 0.25) is 5.02 Å². The number of carbonyl (C=O) groups is 1. The van der Waals surface area contributed by atoms with E-state index in [1.165, 1.54) is 14.2 Å². The molecule has 5 nitrogen and oxygen atoms in total. The lowest BCUT2D eigenvalue weighted by Crippen LogP contribution is -2.33. The summed E-state index contributed by atoms with van der Waals surface area (Å²) in [7, 11) is 2.78. The van der Waals surface area contributed by atoms with Gasteiger partial charge in [-0.05, 0) is 30.4 Å². The van der Waals surface area contributed by atoms with E-state index in [4.69, 9.17) is 28.6 Å². The molecule has 0 aliphatic heterocycles. The van der Waals surface area contributed by atoms with Crippen molar-refractivity contribution in [1.29, 1.82) is 0 Å². The van der Waals surface area contributed by atoms with E-state index in [1.54, 1.807) is 18.2 Å². The van der Waals surface area contributed by atoms with Crippen molar-refractivity contribution in [1.82, 2.24) is 5.32 Å². The number of thiocarbonyl (C=S) groups is 1.